The molecule has 0 aliphatic heterocycles. The highest BCUT2D eigenvalue weighted by Crippen LogP contribution is 2.23. The van der Waals surface area contributed by atoms with Crippen LogP contribution in [0.1, 0.15) is 0 Å². The summed E-state index contributed by atoms with van der Waals surface area (Å²) >= 11 is 0. The molecule has 4 N–H and O–H groups in total. The zero-order valence-electron chi connectivity index (χ0n) is 11.6. The molecule has 1 amide bonds. The number of sulfonamides is 2. The van der Waals surface area contributed by atoms with Gasteiger partial charge < -0.3 is 5.32 Å². The van der Waals surface area contributed by atoms with Crippen LogP contribution in [-0.4, -0.2) is 23.2 Å². The average molecular weight is 355 g/mol. The molecule has 122 valence electrons. The highest BCUT2D eigenvalue weighted by molar-refractivity contribution is 7.93. The minimum Gasteiger partial charge on any atom is -0.327 e. The Morgan fingerprint density at radius 3 is 2.09 bits per heavy atom. The molecule has 2 aromatic carbocycles. The van der Waals surface area contributed by atoms with Crippen LogP contribution in [0.4, 0.5) is 11.4 Å². The lowest BCUT2D eigenvalue weighted by atomic mass is 10.3. The van der Waals surface area contributed by atoms with Gasteiger partial charge >= 0.3 is 0 Å². The number of primary sulfonamides is 1. The summed E-state index contributed by atoms with van der Waals surface area (Å²) in [5.74, 6) is 0. The van der Waals surface area contributed by atoms with Crippen molar-refractivity contribution >= 4 is 37.8 Å². The second-order valence-electron chi connectivity index (χ2n) is 4.43. The van der Waals surface area contributed by atoms with E-state index in [9.17, 15) is 21.6 Å². The van der Waals surface area contributed by atoms with Gasteiger partial charge in [-0.1, -0.05) is 12.1 Å². The van der Waals surface area contributed by atoms with E-state index in [4.69, 9.17) is 5.14 Å². The first-order valence-electron chi connectivity index (χ1n) is 6.19. The van der Waals surface area contributed by atoms with Crippen LogP contribution in [0, 0.1) is 0 Å². The number of carbonyl (C=O) groups is 1. The average Bonchev–Trinajstić information content (AvgIpc) is 2.47. The van der Waals surface area contributed by atoms with Gasteiger partial charge in [0.15, 0.2) is 0 Å². The monoisotopic (exact) mass is 355 g/mol. The molecule has 0 unspecified atom stereocenters. The van der Waals surface area contributed by atoms with Crippen molar-refractivity contribution in [2.75, 3.05) is 10.0 Å². The highest BCUT2D eigenvalue weighted by atomic mass is 32.2. The third-order valence-corrected chi connectivity index (χ3v) is 5.19. The Morgan fingerprint density at radius 1 is 0.913 bits per heavy atom. The lowest BCUT2D eigenvalue weighted by Gasteiger charge is -2.11. The number of nitrogens with one attached hydrogen (secondary N) is 2. The molecule has 0 aromatic heterocycles. The molecule has 0 atom stereocenters. The number of amides is 1. The van der Waals surface area contributed by atoms with Gasteiger partial charge in [0.1, 0.15) is 4.90 Å². The van der Waals surface area contributed by atoms with E-state index in [1.54, 1.807) is 6.07 Å². The second kappa shape index (κ2) is 6.36. The largest absolute Gasteiger partial charge is 0.327 e. The van der Waals surface area contributed by atoms with Crippen LogP contribution >= 0.6 is 0 Å². The first-order valence-corrected chi connectivity index (χ1v) is 9.22. The summed E-state index contributed by atoms with van der Waals surface area (Å²) in [6, 6.07) is 10.8. The molecule has 0 heterocycles. The van der Waals surface area contributed by atoms with E-state index in [1.807, 2.05) is 0 Å². The number of nitrogens with two attached hydrogens (primary N) is 1. The first-order chi connectivity index (χ1) is 10.7. The van der Waals surface area contributed by atoms with Gasteiger partial charge in [0.05, 0.1) is 10.6 Å². The van der Waals surface area contributed by atoms with E-state index < -0.39 is 20.0 Å². The molecule has 2 rings (SSSR count). The quantitative estimate of drug-likeness (QED) is 0.656. The molecule has 10 heteroatoms. The zero-order chi connectivity index (χ0) is 17.1. The van der Waals surface area contributed by atoms with Gasteiger partial charge in [-0.25, -0.2) is 22.0 Å². The van der Waals surface area contributed by atoms with E-state index >= 15 is 0 Å². The lowest BCUT2D eigenvalue weighted by molar-refractivity contribution is -0.105. The molecule has 0 saturated heterocycles. The van der Waals surface area contributed by atoms with E-state index in [-0.39, 0.29) is 21.2 Å². The molecule has 2 aromatic rings. The number of benzene rings is 2. The van der Waals surface area contributed by atoms with Crippen LogP contribution in [0.3, 0.4) is 0 Å². The Labute approximate surface area is 133 Å². The Balaban J connectivity index is 2.34. The van der Waals surface area contributed by atoms with Gasteiger partial charge in [-0.3, -0.25) is 9.52 Å². The first kappa shape index (κ1) is 16.9. The summed E-state index contributed by atoms with van der Waals surface area (Å²) in [4.78, 5) is 10.3. The number of hydrogen-bond acceptors (Lipinski definition) is 5. The van der Waals surface area contributed by atoms with E-state index in [0.717, 1.165) is 0 Å². The smallest absolute Gasteiger partial charge is 0.263 e. The fourth-order valence-electron chi connectivity index (χ4n) is 1.81. The Morgan fingerprint density at radius 2 is 1.52 bits per heavy atom. The van der Waals surface area contributed by atoms with Crippen molar-refractivity contribution in [1.29, 1.82) is 0 Å². The molecule has 0 saturated carbocycles. The Kier molecular flexibility index (Phi) is 4.68. The van der Waals surface area contributed by atoms with Crippen LogP contribution in [0.25, 0.3) is 0 Å². The minimum absolute atomic E-state index is 0.121. The van der Waals surface area contributed by atoms with E-state index in [0.29, 0.717) is 6.41 Å². The maximum absolute atomic E-state index is 12.4. The predicted octanol–water partition coefficient (Wildman–Crippen LogP) is 0.703. The van der Waals surface area contributed by atoms with Crippen molar-refractivity contribution in [3.8, 4) is 0 Å². The SMILES string of the molecule is NS(=O)(=O)c1ccc(NS(=O)(=O)c2ccccc2NC=O)cc1. The van der Waals surface area contributed by atoms with Crippen molar-refractivity contribution in [3.63, 3.8) is 0 Å². The normalized spacial score (nSPS) is 11.7. The standard InChI is InChI=1S/C13H13N3O5S2/c14-22(18,19)11-7-5-10(6-8-11)16-23(20,21)13-4-2-1-3-12(13)15-9-17/h1-9,16H,(H,15,17)(H2,14,18,19). The molecule has 0 aliphatic rings. The van der Waals surface area contributed by atoms with Crippen LogP contribution in [0.2, 0.25) is 0 Å². The van der Waals surface area contributed by atoms with Crippen molar-refractivity contribution in [1.82, 2.24) is 0 Å². The molecule has 0 aliphatic carbocycles. The van der Waals surface area contributed by atoms with E-state index in [1.165, 1.54) is 42.5 Å². The van der Waals surface area contributed by atoms with Gasteiger partial charge in [0, 0.05) is 5.69 Å². The topological polar surface area (TPSA) is 135 Å². The van der Waals surface area contributed by atoms with Crippen LogP contribution in [0.5, 0.6) is 0 Å². The minimum atomic E-state index is -3.97. The van der Waals surface area contributed by atoms with Gasteiger partial charge in [-0.2, -0.15) is 0 Å². The van der Waals surface area contributed by atoms with Gasteiger partial charge in [-0.15, -0.1) is 0 Å². The molecule has 0 bridgehead atoms. The summed E-state index contributed by atoms with van der Waals surface area (Å²) in [6.45, 7) is 0. The summed E-state index contributed by atoms with van der Waals surface area (Å²) in [5.41, 5.74) is 0.273. The summed E-state index contributed by atoms with van der Waals surface area (Å²) < 4.78 is 49.4. The molecular formula is C13H13N3O5S2. The predicted molar refractivity (Wildman–Crippen MR) is 84.8 cm³/mol. The van der Waals surface area contributed by atoms with Gasteiger partial charge in [0.25, 0.3) is 10.0 Å². The molecule has 23 heavy (non-hydrogen) atoms. The maximum atomic E-state index is 12.4. The van der Waals surface area contributed by atoms with E-state index in [2.05, 4.69) is 10.0 Å². The highest BCUT2D eigenvalue weighted by Gasteiger charge is 2.18. The van der Waals surface area contributed by atoms with Crippen molar-refractivity contribution in [2.45, 2.75) is 9.79 Å². The third-order valence-electron chi connectivity index (χ3n) is 2.83. The molecule has 8 nitrogen and oxygen atoms in total. The molecule has 0 fully saturated rings. The van der Waals surface area contributed by atoms with Crippen molar-refractivity contribution < 1.29 is 21.6 Å². The number of hydrogen-bond donors (Lipinski definition) is 3. The summed E-state index contributed by atoms with van der Waals surface area (Å²) in [6.07, 6.45) is 0.370. The van der Waals surface area contributed by atoms with Crippen LogP contribution < -0.4 is 15.2 Å². The summed E-state index contributed by atoms with van der Waals surface area (Å²) in [7, 11) is -7.82. The van der Waals surface area contributed by atoms with Crippen molar-refractivity contribution in [3.05, 3.63) is 48.5 Å². The molecule has 0 radical (unpaired) electrons. The fraction of sp³-hybridized carbons (Fsp3) is 0. The number of anilines is 2. The zero-order valence-corrected chi connectivity index (χ0v) is 13.3. The van der Waals surface area contributed by atoms with Gasteiger partial charge in [0.2, 0.25) is 16.4 Å². The number of rotatable bonds is 6. The number of para-hydroxylation sites is 1. The maximum Gasteiger partial charge on any atom is 0.263 e. The van der Waals surface area contributed by atoms with Crippen LogP contribution in [0.15, 0.2) is 58.3 Å². The van der Waals surface area contributed by atoms with Gasteiger partial charge in [-0.05, 0) is 36.4 Å². The van der Waals surface area contributed by atoms with Crippen molar-refractivity contribution in [2.24, 2.45) is 5.14 Å². The third kappa shape index (κ3) is 4.06. The molecular weight excluding hydrogens is 342 g/mol. The Hall–Kier alpha value is -2.43. The van der Waals surface area contributed by atoms with Crippen LogP contribution in [-0.2, 0) is 24.8 Å². The lowest BCUT2D eigenvalue weighted by Crippen LogP contribution is -2.15. The Bertz CT molecular complexity index is 922. The molecule has 0 spiro atoms. The summed E-state index contributed by atoms with van der Waals surface area (Å²) in [5, 5.41) is 7.27. The fourth-order valence-corrected chi connectivity index (χ4v) is 3.55. The second-order valence-corrected chi connectivity index (χ2v) is 7.65. The number of carbonyl (C=O) groups excluding carboxylic acids is 1.